The van der Waals surface area contributed by atoms with E-state index in [2.05, 4.69) is 26.6 Å². The van der Waals surface area contributed by atoms with Gasteiger partial charge in [0.25, 0.3) is 5.91 Å². The van der Waals surface area contributed by atoms with Crippen molar-refractivity contribution < 1.29 is 9.59 Å². The number of hydrogen-bond donors (Lipinski definition) is 2. The van der Waals surface area contributed by atoms with Crippen molar-refractivity contribution in [3.05, 3.63) is 58.1 Å². The molecule has 5 heteroatoms. The van der Waals surface area contributed by atoms with E-state index in [-0.39, 0.29) is 11.8 Å². The average molecular weight is 361 g/mol. The largest absolute Gasteiger partial charge is 0.326 e. The summed E-state index contributed by atoms with van der Waals surface area (Å²) in [6, 6.07) is 12.6. The molecule has 2 amide bonds. The number of anilines is 2. The molecule has 2 aromatic carbocycles. The molecular weight excluding hydrogens is 344 g/mol. The summed E-state index contributed by atoms with van der Waals surface area (Å²) >= 11 is 3.34. The van der Waals surface area contributed by atoms with Gasteiger partial charge in [-0.05, 0) is 48.9 Å². The van der Waals surface area contributed by atoms with Gasteiger partial charge in [0.2, 0.25) is 5.91 Å². The second-order valence-electron chi connectivity index (χ2n) is 4.89. The molecule has 2 rings (SSSR count). The van der Waals surface area contributed by atoms with Gasteiger partial charge >= 0.3 is 0 Å². The SMILES string of the molecule is CCC(=O)Nc1cc(NC(=O)c2ccc(Br)cc2)ccc1C. The van der Waals surface area contributed by atoms with Gasteiger partial charge in [-0.2, -0.15) is 0 Å². The number of aryl methyl sites for hydroxylation is 1. The van der Waals surface area contributed by atoms with Crippen molar-refractivity contribution in [2.45, 2.75) is 20.3 Å². The van der Waals surface area contributed by atoms with E-state index in [1.54, 1.807) is 25.1 Å². The van der Waals surface area contributed by atoms with Crippen LogP contribution >= 0.6 is 15.9 Å². The molecule has 0 aromatic heterocycles. The van der Waals surface area contributed by atoms with Crippen LogP contribution in [0.2, 0.25) is 0 Å². The first-order valence-electron chi connectivity index (χ1n) is 6.97. The lowest BCUT2D eigenvalue weighted by molar-refractivity contribution is -0.115. The zero-order valence-corrected chi connectivity index (χ0v) is 14.0. The quantitative estimate of drug-likeness (QED) is 0.850. The zero-order chi connectivity index (χ0) is 16.1. The molecule has 2 aromatic rings. The molecule has 0 spiro atoms. The molecule has 0 radical (unpaired) electrons. The van der Waals surface area contributed by atoms with E-state index >= 15 is 0 Å². The van der Waals surface area contributed by atoms with Crippen molar-refractivity contribution >= 4 is 39.1 Å². The summed E-state index contributed by atoms with van der Waals surface area (Å²) in [7, 11) is 0. The van der Waals surface area contributed by atoms with Gasteiger partial charge in [-0.15, -0.1) is 0 Å². The first-order valence-corrected chi connectivity index (χ1v) is 7.76. The van der Waals surface area contributed by atoms with Crippen LogP contribution in [-0.4, -0.2) is 11.8 Å². The molecule has 0 saturated carbocycles. The molecule has 0 atom stereocenters. The Balaban J connectivity index is 2.15. The Morgan fingerprint density at radius 2 is 1.73 bits per heavy atom. The zero-order valence-electron chi connectivity index (χ0n) is 12.4. The maximum absolute atomic E-state index is 12.2. The number of carbonyl (C=O) groups is 2. The van der Waals surface area contributed by atoms with E-state index in [9.17, 15) is 9.59 Å². The van der Waals surface area contributed by atoms with Gasteiger partial charge in [-0.25, -0.2) is 0 Å². The summed E-state index contributed by atoms with van der Waals surface area (Å²) in [6.45, 7) is 3.70. The molecular formula is C17H17BrN2O2. The lowest BCUT2D eigenvalue weighted by Gasteiger charge is -2.11. The Morgan fingerprint density at radius 1 is 1.05 bits per heavy atom. The van der Waals surface area contributed by atoms with Gasteiger partial charge in [0, 0.05) is 27.8 Å². The van der Waals surface area contributed by atoms with Crippen LogP contribution in [0.3, 0.4) is 0 Å². The summed E-state index contributed by atoms with van der Waals surface area (Å²) in [4.78, 5) is 23.7. The molecule has 0 aliphatic heterocycles. The fourth-order valence-corrected chi connectivity index (χ4v) is 2.14. The number of amides is 2. The molecule has 0 saturated heterocycles. The molecule has 4 nitrogen and oxygen atoms in total. The number of nitrogens with one attached hydrogen (secondary N) is 2. The van der Waals surface area contributed by atoms with Gasteiger partial charge in [0.15, 0.2) is 0 Å². The fourth-order valence-electron chi connectivity index (χ4n) is 1.88. The number of halogens is 1. The summed E-state index contributed by atoms with van der Waals surface area (Å²) in [5.41, 5.74) is 2.87. The van der Waals surface area contributed by atoms with E-state index in [4.69, 9.17) is 0 Å². The third-order valence-corrected chi connectivity index (χ3v) is 3.73. The van der Waals surface area contributed by atoms with Gasteiger partial charge in [-0.1, -0.05) is 28.9 Å². The van der Waals surface area contributed by atoms with Gasteiger partial charge in [-0.3, -0.25) is 9.59 Å². The highest BCUT2D eigenvalue weighted by molar-refractivity contribution is 9.10. The van der Waals surface area contributed by atoms with Crippen LogP contribution < -0.4 is 10.6 Å². The molecule has 0 aliphatic carbocycles. The Kier molecular flexibility index (Phi) is 5.33. The highest BCUT2D eigenvalue weighted by Gasteiger charge is 2.08. The third kappa shape index (κ3) is 4.18. The Bertz CT molecular complexity index is 696. The standard InChI is InChI=1S/C17H17BrN2O2/c1-3-16(21)20-15-10-14(9-4-11(15)2)19-17(22)12-5-7-13(18)8-6-12/h4-10H,3H2,1-2H3,(H,19,22)(H,20,21). The minimum atomic E-state index is -0.191. The van der Waals surface area contributed by atoms with Crippen LogP contribution in [0.5, 0.6) is 0 Å². The van der Waals surface area contributed by atoms with Crippen molar-refractivity contribution in [1.82, 2.24) is 0 Å². The molecule has 0 bridgehead atoms. The molecule has 0 heterocycles. The van der Waals surface area contributed by atoms with Crippen molar-refractivity contribution in [1.29, 1.82) is 0 Å². The minimum absolute atomic E-state index is 0.0560. The first kappa shape index (κ1) is 16.2. The Labute approximate surface area is 138 Å². The van der Waals surface area contributed by atoms with E-state index in [1.807, 2.05) is 31.2 Å². The molecule has 0 unspecified atom stereocenters. The highest BCUT2D eigenvalue weighted by Crippen LogP contribution is 2.21. The van der Waals surface area contributed by atoms with E-state index < -0.39 is 0 Å². The Morgan fingerprint density at radius 3 is 2.36 bits per heavy atom. The number of rotatable bonds is 4. The summed E-state index contributed by atoms with van der Waals surface area (Å²) in [5.74, 6) is -0.247. The summed E-state index contributed by atoms with van der Waals surface area (Å²) < 4.78 is 0.920. The molecule has 114 valence electrons. The van der Waals surface area contributed by atoms with Crippen LogP contribution in [0.25, 0.3) is 0 Å². The van der Waals surface area contributed by atoms with Crippen LogP contribution in [0.4, 0.5) is 11.4 Å². The number of hydrogen-bond acceptors (Lipinski definition) is 2. The smallest absolute Gasteiger partial charge is 0.255 e. The molecule has 0 fully saturated rings. The van der Waals surface area contributed by atoms with Crippen LogP contribution in [0, 0.1) is 6.92 Å². The second kappa shape index (κ2) is 7.22. The topological polar surface area (TPSA) is 58.2 Å². The van der Waals surface area contributed by atoms with Gasteiger partial charge < -0.3 is 10.6 Å². The molecule has 22 heavy (non-hydrogen) atoms. The van der Waals surface area contributed by atoms with Crippen LogP contribution in [0.1, 0.15) is 29.3 Å². The normalized spacial score (nSPS) is 10.1. The summed E-state index contributed by atoms with van der Waals surface area (Å²) in [6.07, 6.45) is 0.412. The van der Waals surface area contributed by atoms with Gasteiger partial charge in [0.05, 0.1) is 0 Å². The average Bonchev–Trinajstić information content (AvgIpc) is 2.51. The van der Waals surface area contributed by atoms with Crippen molar-refractivity contribution in [3.8, 4) is 0 Å². The maximum atomic E-state index is 12.2. The lowest BCUT2D eigenvalue weighted by Crippen LogP contribution is -2.13. The van der Waals surface area contributed by atoms with Gasteiger partial charge in [0.1, 0.15) is 0 Å². The highest BCUT2D eigenvalue weighted by atomic mass is 79.9. The monoisotopic (exact) mass is 360 g/mol. The van der Waals surface area contributed by atoms with E-state index in [0.717, 1.165) is 10.0 Å². The predicted octanol–water partition coefficient (Wildman–Crippen LogP) is 4.36. The van der Waals surface area contributed by atoms with Crippen molar-refractivity contribution in [3.63, 3.8) is 0 Å². The molecule has 2 N–H and O–H groups in total. The third-order valence-electron chi connectivity index (χ3n) is 3.20. The fraction of sp³-hybridized carbons (Fsp3) is 0.176. The number of carbonyl (C=O) groups excluding carboxylic acids is 2. The van der Waals surface area contributed by atoms with Crippen molar-refractivity contribution in [2.24, 2.45) is 0 Å². The number of benzene rings is 2. The van der Waals surface area contributed by atoms with E-state index in [0.29, 0.717) is 23.4 Å². The van der Waals surface area contributed by atoms with E-state index in [1.165, 1.54) is 0 Å². The second-order valence-corrected chi connectivity index (χ2v) is 5.81. The van der Waals surface area contributed by atoms with Crippen molar-refractivity contribution in [2.75, 3.05) is 10.6 Å². The lowest BCUT2D eigenvalue weighted by atomic mass is 10.1. The summed E-state index contributed by atoms with van der Waals surface area (Å²) in [5, 5.41) is 5.66. The Hall–Kier alpha value is -2.14. The minimum Gasteiger partial charge on any atom is -0.326 e. The first-order chi connectivity index (χ1) is 10.5. The van der Waals surface area contributed by atoms with Crippen LogP contribution in [-0.2, 0) is 4.79 Å². The molecule has 0 aliphatic rings. The predicted molar refractivity (Wildman–Crippen MR) is 92.2 cm³/mol. The van der Waals surface area contributed by atoms with Crippen LogP contribution in [0.15, 0.2) is 46.9 Å². The maximum Gasteiger partial charge on any atom is 0.255 e.